The Balaban J connectivity index is 2.33. The molecule has 1 unspecified atom stereocenters. The predicted molar refractivity (Wildman–Crippen MR) is 85.0 cm³/mol. The molecule has 2 heterocycles. The van der Waals surface area contributed by atoms with Crippen LogP contribution in [-0.2, 0) is 33.3 Å². The average Bonchev–Trinajstić information content (AvgIpc) is 3.11. The summed E-state index contributed by atoms with van der Waals surface area (Å²) in [6.45, 7) is 3.43. The number of amides is 1. The van der Waals surface area contributed by atoms with Gasteiger partial charge in [-0.2, -0.15) is 0 Å². The number of primary amides is 1. The van der Waals surface area contributed by atoms with Crippen molar-refractivity contribution in [3.63, 3.8) is 0 Å². The second kappa shape index (κ2) is 8.43. The van der Waals surface area contributed by atoms with Gasteiger partial charge in [-0.05, 0) is 0 Å². The molecule has 0 saturated carbocycles. The molecule has 0 radical (unpaired) electrons. The Morgan fingerprint density at radius 2 is 1.73 bits per heavy atom. The van der Waals surface area contributed by atoms with Crippen LogP contribution in [-0.4, -0.2) is 68.2 Å². The summed E-state index contributed by atoms with van der Waals surface area (Å²) < 4.78 is 21.8. The topological polar surface area (TPSA) is 144 Å². The van der Waals surface area contributed by atoms with Crippen LogP contribution >= 0.6 is 0 Å². The minimum absolute atomic E-state index is 0.0950. The van der Waals surface area contributed by atoms with Crippen molar-refractivity contribution in [3.8, 4) is 0 Å². The molecule has 1 aromatic rings. The van der Waals surface area contributed by atoms with Crippen LogP contribution in [0.4, 0.5) is 0 Å². The number of ether oxygens (including phenoxy) is 4. The van der Waals surface area contributed by atoms with Crippen molar-refractivity contribution in [3.05, 3.63) is 15.2 Å². The van der Waals surface area contributed by atoms with E-state index in [0.717, 1.165) is 0 Å². The van der Waals surface area contributed by atoms with E-state index in [4.69, 9.17) is 24.7 Å². The van der Waals surface area contributed by atoms with E-state index in [-0.39, 0.29) is 26.8 Å². The molecule has 26 heavy (non-hydrogen) atoms. The Morgan fingerprint density at radius 1 is 1.12 bits per heavy atom. The van der Waals surface area contributed by atoms with Crippen LogP contribution in [0.3, 0.4) is 0 Å². The summed E-state index contributed by atoms with van der Waals surface area (Å²) in [5.41, 5.74) is 5.31. The molecule has 0 aromatic carbocycles. The van der Waals surface area contributed by atoms with Crippen LogP contribution in [0.1, 0.15) is 41.9 Å². The Hall–Kier alpha value is -2.23. The van der Waals surface area contributed by atoms with Gasteiger partial charge in [-0.3, -0.25) is 0 Å². The number of nitrogens with zero attached hydrogens (tertiary/aromatic N) is 1. The van der Waals surface area contributed by atoms with E-state index >= 15 is 0 Å². The first-order valence-electron chi connectivity index (χ1n) is 7.57. The fourth-order valence-electron chi connectivity index (χ4n) is 2.45. The van der Waals surface area contributed by atoms with Crippen molar-refractivity contribution in [2.24, 2.45) is 5.73 Å². The van der Waals surface area contributed by atoms with Crippen molar-refractivity contribution >= 4 is 38.3 Å². The Morgan fingerprint density at radius 3 is 2.23 bits per heavy atom. The molecule has 1 fully saturated rings. The van der Waals surface area contributed by atoms with Gasteiger partial charge in [0.25, 0.3) is 0 Å². The van der Waals surface area contributed by atoms with Crippen LogP contribution < -0.4 is 5.73 Å². The van der Waals surface area contributed by atoms with Crippen molar-refractivity contribution < 1.29 is 38.1 Å². The number of aromatic nitrogens is 1. The molecule has 0 bridgehead atoms. The Bertz CT molecular complexity index is 718. The van der Waals surface area contributed by atoms with Gasteiger partial charge >= 0.3 is 154 Å². The van der Waals surface area contributed by atoms with Crippen LogP contribution in [0.15, 0.2) is 4.94 Å². The summed E-state index contributed by atoms with van der Waals surface area (Å²) in [5, 5.41) is 0. The van der Waals surface area contributed by atoms with Crippen molar-refractivity contribution in [1.29, 1.82) is 0 Å². The van der Waals surface area contributed by atoms with Gasteiger partial charge in [-0.1, -0.05) is 0 Å². The minimum atomic E-state index is -0.989. The van der Waals surface area contributed by atoms with Crippen LogP contribution in [0.25, 0.3) is 0 Å². The maximum absolute atomic E-state index is 11.5. The van der Waals surface area contributed by atoms with Crippen LogP contribution in [0.5, 0.6) is 0 Å². The van der Waals surface area contributed by atoms with E-state index in [1.165, 1.54) is 20.8 Å². The molecule has 0 aliphatic carbocycles. The zero-order valence-electron chi connectivity index (χ0n) is 14.3. The standard InChI is InChI=1S/C15H18N2O8Se/c1-6(18)22-4-10-11(23-7(2)19)12(24-8(3)20)13(25-10)15-17-9(5-26-15)14(16)21/h5,10-13H,4H2,1-3H3,(H2,16,21)/t10-,11-,12-,13?/m1/s1. The fourth-order valence-corrected chi connectivity index (χ4v) is 4.28. The van der Waals surface area contributed by atoms with E-state index in [0.29, 0.717) is 4.57 Å². The van der Waals surface area contributed by atoms with Crippen molar-refractivity contribution in [1.82, 2.24) is 4.98 Å². The SMILES string of the molecule is CC(=O)OC[C@H]1OC(c2nc(C(N)=O)c[se]2)[C@H](OC(C)=O)[C@@H]1OC(C)=O. The molecular weight excluding hydrogens is 415 g/mol. The van der Waals surface area contributed by atoms with E-state index in [9.17, 15) is 19.2 Å². The molecule has 11 heteroatoms. The Kier molecular flexibility index (Phi) is 6.52. The van der Waals surface area contributed by atoms with Gasteiger partial charge in [0.05, 0.1) is 0 Å². The van der Waals surface area contributed by atoms with E-state index in [1.807, 2.05) is 0 Å². The van der Waals surface area contributed by atoms with E-state index in [2.05, 4.69) is 4.98 Å². The number of hydrogen-bond donors (Lipinski definition) is 1. The normalized spacial score (nSPS) is 24.7. The first-order chi connectivity index (χ1) is 12.2. The number of nitrogens with two attached hydrogens (primary N) is 1. The summed E-state index contributed by atoms with van der Waals surface area (Å²) in [6.07, 6.45) is -3.68. The zero-order chi connectivity index (χ0) is 19.4. The number of esters is 3. The molecule has 1 aliphatic heterocycles. The third kappa shape index (κ3) is 4.90. The van der Waals surface area contributed by atoms with Crippen molar-refractivity contribution in [2.75, 3.05) is 6.61 Å². The van der Waals surface area contributed by atoms with Crippen LogP contribution in [0.2, 0.25) is 0 Å². The summed E-state index contributed by atoms with van der Waals surface area (Å²) >= 11 is -0.357. The number of carbonyl (C=O) groups is 4. The number of rotatable bonds is 6. The summed E-state index contributed by atoms with van der Waals surface area (Å²) in [5.74, 6) is -2.44. The van der Waals surface area contributed by atoms with Gasteiger partial charge in [0.15, 0.2) is 0 Å². The molecule has 0 spiro atoms. The van der Waals surface area contributed by atoms with Gasteiger partial charge in [-0.25, -0.2) is 0 Å². The zero-order valence-corrected chi connectivity index (χ0v) is 16.0. The molecule has 1 aromatic heterocycles. The average molecular weight is 433 g/mol. The second-order valence-corrected chi connectivity index (χ2v) is 7.35. The fraction of sp³-hybridized carbons (Fsp3) is 0.533. The summed E-state index contributed by atoms with van der Waals surface area (Å²) in [4.78, 5) is 51.1. The molecule has 1 amide bonds. The third-order valence-electron chi connectivity index (χ3n) is 3.38. The Labute approximate surface area is 154 Å². The molecule has 1 saturated heterocycles. The third-order valence-corrected chi connectivity index (χ3v) is 5.28. The van der Waals surface area contributed by atoms with Gasteiger partial charge in [0, 0.05) is 0 Å². The molecule has 1 aliphatic rings. The van der Waals surface area contributed by atoms with Gasteiger partial charge in [0.1, 0.15) is 0 Å². The van der Waals surface area contributed by atoms with Crippen LogP contribution in [0, 0.1) is 0 Å². The molecule has 4 atom stereocenters. The molecular formula is C15H18N2O8Se. The molecule has 142 valence electrons. The number of carbonyl (C=O) groups excluding carboxylic acids is 4. The molecule has 2 N–H and O–H groups in total. The van der Waals surface area contributed by atoms with Gasteiger partial charge in [0.2, 0.25) is 0 Å². The van der Waals surface area contributed by atoms with E-state index in [1.54, 1.807) is 4.94 Å². The van der Waals surface area contributed by atoms with E-state index < -0.39 is 48.2 Å². The van der Waals surface area contributed by atoms with Gasteiger partial charge in [-0.15, -0.1) is 0 Å². The van der Waals surface area contributed by atoms with Crippen molar-refractivity contribution in [2.45, 2.75) is 45.2 Å². The maximum atomic E-state index is 11.5. The number of hydrogen-bond acceptors (Lipinski definition) is 9. The van der Waals surface area contributed by atoms with Gasteiger partial charge < -0.3 is 0 Å². The monoisotopic (exact) mass is 434 g/mol. The molecule has 10 nitrogen and oxygen atoms in total. The first-order valence-corrected chi connectivity index (χ1v) is 9.42. The molecule has 2 rings (SSSR count). The first kappa shape index (κ1) is 20.1. The summed E-state index contributed by atoms with van der Waals surface area (Å²) in [7, 11) is 0. The second-order valence-electron chi connectivity index (χ2n) is 5.48. The quantitative estimate of drug-likeness (QED) is 0.343. The predicted octanol–water partition coefficient (Wildman–Crippen LogP) is -0.896. The summed E-state index contributed by atoms with van der Waals surface area (Å²) in [6, 6.07) is 0.